The Bertz CT molecular complexity index is 268. The van der Waals surface area contributed by atoms with Crippen molar-refractivity contribution in [2.75, 3.05) is 5.75 Å². The lowest BCUT2D eigenvalue weighted by Gasteiger charge is -2.30. The predicted octanol–water partition coefficient (Wildman–Crippen LogP) is 2.13. The van der Waals surface area contributed by atoms with Crippen LogP contribution in [0.15, 0.2) is 0 Å². The topological polar surface area (TPSA) is 66.4 Å². The van der Waals surface area contributed by atoms with Crippen LogP contribution >= 0.6 is 11.8 Å². The average Bonchev–Trinajstić information content (AvgIpc) is 2.17. The molecule has 1 aliphatic rings. The molecule has 2 N–H and O–H groups in total. The fourth-order valence-electron chi connectivity index (χ4n) is 1.93. The molecule has 16 heavy (non-hydrogen) atoms. The summed E-state index contributed by atoms with van der Waals surface area (Å²) in [5, 5.41) is 11.8. The number of Topliss-reactive ketones (excluding diaryl/α,β-unsaturated/α-hetero) is 1. The minimum absolute atomic E-state index is 0.0542. The third-order valence-corrected chi connectivity index (χ3v) is 4.03. The second-order valence-electron chi connectivity index (χ2n) is 4.48. The van der Waals surface area contributed by atoms with Crippen molar-refractivity contribution in [3.05, 3.63) is 0 Å². The maximum absolute atomic E-state index is 11.4. The second kappa shape index (κ2) is 6.13. The van der Waals surface area contributed by atoms with Crippen molar-refractivity contribution in [2.45, 2.75) is 44.4 Å². The zero-order valence-corrected chi connectivity index (χ0v) is 10.5. The third kappa shape index (κ3) is 4.43. The van der Waals surface area contributed by atoms with Crippen molar-refractivity contribution < 1.29 is 14.7 Å². The predicted molar refractivity (Wildman–Crippen MR) is 64.9 cm³/mol. The third-order valence-electron chi connectivity index (χ3n) is 2.75. The number of carbonyl (C=O) groups is 2. The van der Waals surface area contributed by atoms with Crippen LogP contribution in [0.3, 0.4) is 0 Å². The van der Waals surface area contributed by atoms with Gasteiger partial charge < -0.3 is 10.4 Å². The maximum atomic E-state index is 11.4. The van der Waals surface area contributed by atoms with Gasteiger partial charge in [-0.3, -0.25) is 4.79 Å². The molecule has 1 rings (SSSR count). The van der Waals surface area contributed by atoms with Crippen LogP contribution in [0.2, 0.25) is 0 Å². The lowest BCUT2D eigenvalue weighted by molar-refractivity contribution is -0.121. The van der Waals surface area contributed by atoms with Gasteiger partial charge in [0.1, 0.15) is 5.78 Å². The van der Waals surface area contributed by atoms with Gasteiger partial charge in [0.05, 0.1) is 0 Å². The van der Waals surface area contributed by atoms with E-state index in [0.29, 0.717) is 24.5 Å². The summed E-state index contributed by atoms with van der Waals surface area (Å²) in [4.78, 5) is 22.0. The average molecular weight is 245 g/mol. The van der Waals surface area contributed by atoms with E-state index < -0.39 is 6.09 Å². The molecule has 4 nitrogen and oxygen atoms in total. The van der Waals surface area contributed by atoms with Gasteiger partial charge in [0.25, 0.3) is 0 Å². The Hall–Kier alpha value is -0.710. The molecule has 1 saturated carbocycles. The van der Waals surface area contributed by atoms with Crippen LogP contribution in [0.25, 0.3) is 0 Å². The summed E-state index contributed by atoms with van der Waals surface area (Å²) in [6.07, 6.45) is 0.686. The van der Waals surface area contributed by atoms with Crippen LogP contribution in [-0.4, -0.2) is 34.0 Å². The van der Waals surface area contributed by atoms with Crippen LogP contribution in [0, 0.1) is 5.92 Å². The van der Waals surface area contributed by atoms with Gasteiger partial charge >= 0.3 is 6.09 Å². The van der Waals surface area contributed by atoms with E-state index in [1.807, 2.05) is 0 Å². The first-order chi connectivity index (χ1) is 7.49. The lowest BCUT2D eigenvalue weighted by Crippen LogP contribution is -2.44. The first-order valence-electron chi connectivity index (χ1n) is 5.61. The van der Waals surface area contributed by atoms with Crippen molar-refractivity contribution >= 4 is 23.6 Å². The Morgan fingerprint density at radius 1 is 1.62 bits per heavy atom. The van der Waals surface area contributed by atoms with Gasteiger partial charge in [-0.25, -0.2) is 4.79 Å². The highest BCUT2D eigenvalue weighted by molar-refractivity contribution is 7.99. The molecule has 0 heterocycles. The molecule has 0 spiro atoms. The van der Waals surface area contributed by atoms with Gasteiger partial charge in [0.2, 0.25) is 0 Å². The molecule has 5 heteroatoms. The molecule has 0 aromatic carbocycles. The van der Waals surface area contributed by atoms with E-state index >= 15 is 0 Å². The summed E-state index contributed by atoms with van der Waals surface area (Å²) in [5.74, 6) is 1.27. The highest BCUT2D eigenvalue weighted by Gasteiger charge is 2.30. The highest BCUT2D eigenvalue weighted by Crippen LogP contribution is 2.27. The molecule has 2 atom stereocenters. The van der Waals surface area contributed by atoms with Gasteiger partial charge in [-0.1, -0.05) is 13.8 Å². The Labute approximate surface area is 100 Å². The normalized spacial score (nSPS) is 25.8. The SMILES string of the molecule is CC(C)SC[C@H]1CC(=O)CC[C@@H]1NC(=O)O. The molecule has 0 saturated heterocycles. The zero-order valence-electron chi connectivity index (χ0n) is 9.73. The van der Waals surface area contributed by atoms with Gasteiger partial charge in [0, 0.05) is 18.9 Å². The summed E-state index contributed by atoms with van der Waals surface area (Å²) in [5.41, 5.74) is 0. The number of nitrogens with one attached hydrogen (secondary N) is 1. The number of ketones is 1. The van der Waals surface area contributed by atoms with Gasteiger partial charge in [0.15, 0.2) is 0 Å². The molecule has 1 amide bonds. The fourth-order valence-corrected chi connectivity index (χ4v) is 2.91. The van der Waals surface area contributed by atoms with E-state index in [1.165, 1.54) is 0 Å². The molecule has 1 fully saturated rings. The zero-order chi connectivity index (χ0) is 12.1. The van der Waals surface area contributed by atoms with Crippen LogP contribution in [0.4, 0.5) is 4.79 Å². The molecule has 1 aliphatic carbocycles. The van der Waals surface area contributed by atoms with Crippen molar-refractivity contribution in [1.29, 1.82) is 0 Å². The first-order valence-corrected chi connectivity index (χ1v) is 6.66. The number of carboxylic acid groups (broad SMARTS) is 1. The molecule has 92 valence electrons. The smallest absolute Gasteiger partial charge is 0.404 e. The summed E-state index contributed by atoms with van der Waals surface area (Å²) < 4.78 is 0. The second-order valence-corrected chi connectivity index (χ2v) is 6.09. The quantitative estimate of drug-likeness (QED) is 0.796. The van der Waals surface area contributed by atoms with Crippen molar-refractivity contribution in [3.63, 3.8) is 0 Å². The minimum atomic E-state index is -0.987. The number of amides is 1. The number of thioether (sulfide) groups is 1. The van der Waals surface area contributed by atoms with E-state index in [1.54, 1.807) is 11.8 Å². The molecule has 0 aromatic heterocycles. The number of hydrogen-bond donors (Lipinski definition) is 2. The summed E-state index contributed by atoms with van der Waals surface area (Å²) in [6, 6.07) is -0.0542. The van der Waals surface area contributed by atoms with Crippen LogP contribution in [0.1, 0.15) is 33.1 Å². The van der Waals surface area contributed by atoms with Gasteiger partial charge in [-0.05, 0) is 23.3 Å². The first kappa shape index (κ1) is 13.4. The molecular weight excluding hydrogens is 226 g/mol. The molecule has 0 radical (unpaired) electrons. The standard InChI is InChI=1S/C11H19NO3S/c1-7(2)16-6-8-5-9(13)3-4-10(8)12-11(14)15/h7-8,10,12H,3-6H2,1-2H3,(H,14,15)/t8-,10+/m1/s1. The van der Waals surface area contributed by atoms with E-state index in [2.05, 4.69) is 19.2 Å². The molecule has 0 aliphatic heterocycles. The van der Waals surface area contributed by atoms with Gasteiger partial charge in [-0.2, -0.15) is 11.8 Å². The van der Waals surface area contributed by atoms with Crippen molar-refractivity contribution in [1.82, 2.24) is 5.32 Å². The van der Waals surface area contributed by atoms with Crippen molar-refractivity contribution in [3.8, 4) is 0 Å². The van der Waals surface area contributed by atoms with Crippen LogP contribution in [0.5, 0.6) is 0 Å². The van der Waals surface area contributed by atoms with E-state index in [4.69, 9.17) is 5.11 Å². The largest absolute Gasteiger partial charge is 0.465 e. The van der Waals surface area contributed by atoms with E-state index in [9.17, 15) is 9.59 Å². The Morgan fingerprint density at radius 2 is 2.31 bits per heavy atom. The monoisotopic (exact) mass is 245 g/mol. The van der Waals surface area contributed by atoms with Crippen LogP contribution < -0.4 is 5.32 Å². The molecular formula is C11H19NO3S. The Morgan fingerprint density at radius 3 is 2.88 bits per heavy atom. The number of hydrogen-bond acceptors (Lipinski definition) is 3. The lowest BCUT2D eigenvalue weighted by atomic mass is 9.85. The number of carbonyl (C=O) groups excluding carboxylic acids is 1. The van der Waals surface area contributed by atoms with Crippen LogP contribution in [-0.2, 0) is 4.79 Å². The molecule has 0 aromatic rings. The number of rotatable bonds is 4. The summed E-state index contributed by atoms with van der Waals surface area (Å²) >= 11 is 1.79. The maximum Gasteiger partial charge on any atom is 0.404 e. The van der Waals surface area contributed by atoms with Crippen molar-refractivity contribution in [2.24, 2.45) is 5.92 Å². The molecule has 0 unspecified atom stereocenters. The highest BCUT2D eigenvalue weighted by atomic mass is 32.2. The van der Waals surface area contributed by atoms with E-state index in [0.717, 1.165) is 5.75 Å². The summed E-state index contributed by atoms with van der Waals surface area (Å²) in [7, 11) is 0. The van der Waals surface area contributed by atoms with E-state index in [-0.39, 0.29) is 17.7 Å². The summed E-state index contributed by atoms with van der Waals surface area (Å²) in [6.45, 7) is 4.21. The minimum Gasteiger partial charge on any atom is -0.465 e. The Balaban J connectivity index is 2.50. The van der Waals surface area contributed by atoms with Gasteiger partial charge in [-0.15, -0.1) is 0 Å². The Kier molecular flexibility index (Phi) is 5.12. The molecule has 0 bridgehead atoms. The fraction of sp³-hybridized carbons (Fsp3) is 0.818.